The Hall–Kier alpha value is -1.15. The molecule has 18 heavy (non-hydrogen) atoms. The highest BCUT2D eigenvalue weighted by molar-refractivity contribution is 5.99. The largest absolute Gasteiger partial charge is 0.306 e. The maximum atomic E-state index is 12.3. The smallest absolute Gasteiger partial charge is 0.163 e. The molecule has 1 heterocycles. The van der Waals surface area contributed by atoms with Crippen molar-refractivity contribution in [2.75, 3.05) is 20.1 Å². The van der Waals surface area contributed by atoms with Crippen molar-refractivity contribution >= 4 is 5.78 Å². The first-order chi connectivity index (χ1) is 8.69. The average molecular weight is 243 g/mol. The predicted octanol–water partition coefficient (Wildman–Crippen LogP) is 2.87. The lowest BCUT2D eigenvalue weighted by atomic mass is 9.71. The third-order valence-corrected chi connectivity index (χ3v) is 4.63. The summed E-state index contributed by atoms with van der Waals surface area (Å²) in [6, 6.07) is 6.54. The van der Waals surface area contributed by atoms with E-state index >= 15 is 0 Å². The zero-order valence-corrected chi connectivity index (χ0v) is 11.3. The molecular formula is C16H21NO. The van der Waals surface area contributed by atoms with Crippen molar-refractivity contribution in [3.05, 3.63) is 34.9 Å². The second-order valence-corrected chi connectivity index (χ2v) is 5.82. The summed E-state index contributed by atoms with van der Waals surface area (Å²) in [4.78, 5) is 14.7. The van der Waals surface area contributed by atoms with Crippen LogP contribution >= 0.6 is 0 Å². The first-order valence-corrected chi connectivity index (χ1v) is 7.03. The van der Waals surface area contributed by atoms with Gasteiger partial charge in [0.15, 0.2) is 5.78 Å². The van der Waals surface area contributed by atoms with Crippen LogP contribution in [0.5, 0.6) is 0 Å². The first kappa shape index (κ1) is 11.9. The number of Topliss-reactive ketones (excluding diaryl/α,β-unsaturated/α-hetero) is 1. The van der Waals surface area contributed by atoms with E-state index in [0.717, 1.165) is 31.5 Å². The van der Waals surface area contributed by atoms with E-state index in [-0.39, 0.29) is 0 Å². The number of piperidine rings is 1. The van der Waals surface area contributed by atoms with Crippen LogP contribution in [-0.4, -0.2) is 30.8 Å². The van der Waals surface area contributed by atoms with Crippen molar-refractivity contribution in [3.63, 3.8) is 0 Å². The van der Waals surface area contributed by atoms with Gasteiger partial charge in [0.25, 0.3) is 0 Å². The number of rotatable bonds is 1. The van der Waals surface area contributed by atoms with Crippen LogP contribution in [0.3, 0.4) is 0 Å². The van der Waals surface area contributed by atoms with Crippen molar-refractivity contribution in [1.29, 1.82) is 0 Å². The van der Waals surface area contributed by atoms with Crippen molar-refractivity contribution in [2.45, 2.75) is 32.1 Å². The van der Waals surface area contributed by atoms with Gasteiger partial charge in [-0.25, -0.2) is 0 Å². The average Bonchev–Trinajstić information content (AvgIpc) is 2.39. The Kier molecular flexibility index (Phi) is 2.98. The molecule has 2 nitrogen and oxygen atoms in total. The number of ketones is 1. The Morgan fingerprint density at radius 3 is 3.00 bits per heavy atom. The second kappa shape index (κ2) is 4.51. The zero-order valence-electron chi connectivity index (χ0n) is 11.3. The van der Waals surface area contributed by atoms with Crippen LogP contribution in [-0.2, 0) is 6.42 Å². The van der Waals surface area contributed by atoms with E-state index in [1.54, 1.807) is 0 Å². The fraction of sp³-hybridized carbons (Fsp3) is 0.562. The van der Waals surface area contributed by atoms with Gasteiger partial charge in [-0.15, -0.1) is 0 Å². The number of nitrogens with zero attached hydrogens (tertiary/aromatic N) is 1. The molecule has 1 aromatic rings. The maximum absolute atomic E-state index is 12.3. The molecule has 0 saturated carbocycles. The van der Waals surface area contributed by atoms with Crippen molar-refractivity contribution in [3.8, 4) is 0 Å². The summed E-state index contributed by atoms with van der Waals surface area (Å²) in [6.45, 7) is 4.39. The minimum absolute atomic E-state index is 0.367. The van der Waals surface area contributed by atoms with Gasteiger partial charge in [-0.2, -0.15) is 0 Å². The number of likely N-dealkylation sites (N-methyl/N-ethyl adjacent to an activating group) is 1. The Morgan fingerprint density at radius 1 is 1.39 bits per heavy atom. The first-order valence-electron chi connectivity index (χ1n) is 7.03. The van der Waals surface area contributed by atoms with Crippen molar-refractivity contribution < 1.29 is 4.79 Å². The number of carbonyl (C=O) groups excluding carboxylic acids is 1. The number of aryl methyl sites for hydroxylation is 1. The fourth-order valence-electron chi connectivity index (χ4n) is 3.50. The van der Waals surface area contributed by atoms with Gasteiger partial charge in [0.2, 0.25) is 0 Å². The lowest BCUT2D eigenvalue weighted by molar-refractivity contribution is 0.0887. The van der Waals surface area contributed by atoms with E-state index in [1.807, 2.05) is 0 Å². The van der Waals surface area contributed by atoms with Crippen LogP contribution in [0, 0.1) is 5.92 Å². The van der Waals surface area contributed by atoms with Crippen molar-refractivity contribution in [2.24, 2.45) is 5.92 Å². The summed E-state index contributed by atoms with van der Waals surface area (Å²) < 4.78 is 0. The van der Waals surface area contributed by atoms with Gasteiger partial charge in [0.1, 0.15) is 0 Å². The maximum Gasteiger partial charge on any atom is 0.163 e. The molecule has 1 saturated heterocycles. The van der Waals surface area contributed by atoms with Gasteiger partial charge >= 0.3 is 0 Å². The number of benzene rings is 1. The molecule has 1 aliphatic heterocycles. The van der Waals surface area contributed by atoms with Gasteiger partial charge in [-0.05, 0) is 49.5 Å². The number of hydrogen-bond acceptors (Lipinski definition) is 2. The topological polar surface area (TPSA) is 20.3 Å². The summed E-state index contributed by atoms with van der Waals surface area (Å²) in [5, 5.41) is 0. The highest BCUT2D eigenvalue weighted by Crippen LogP contribution is 2.41. The van der Waals surface area contributed by atoms with E-state index in [4.69, 9.17) is 0 Å². The molecule has 96 valence electrons. The molecule has 2 heteroatoms. The molecule has 1 fully saturated rings. The van der Waals surface area contributed by atoms with Gasteiger partial charge in [-0.3, -0.25) is 4.79 Å². The van der Waals surface area contributed by atoms with Crippen LogP contribution in [0.4, 0.5) is 0 Å². The molecule has 2 atom stereocenters. The SMILES string of the molecule is CCc1ccc2c(c1)C(=O)C[C@H]1CCN(C)C[C@@H]21. The minimum Gasteiger partial charge on any atom is -0.306 e. The summed E-state index contributed by atoms with van der Waals surface area (Å²) in [5.74, 6) is 1.52. The van der Waals surface area contributed by atoms with Crippen molar-refractivity contribution in [1.82, 2.24) is 4.90 Å². The Balaban J connectivity index is 2.02. The van der Waals surface area contributed by atoms with Crippen LogP contribution in [0.25, 0.3) is 0 Å². The normalized spacial score (nSPS) is 27.8. The Labute approximate surface area is 109 Å². The Bertz CT molecular complexity index is 480. The van der Waals surface area contributed by atoms with Crippen LogP contribution in [0.2, 0.25) is 0 Å². The summed E-state index contributed by atoms with van der Waals surface area (Å²) in [6.07, 6.45) is 2.94. The lowest BCUT2D eigenvalue weighted by Crippen LogP contribution is -2.40. The van der Waals surface area contributed by atoms with Crippen LogP contribution < -0.4 is 0 Å². The van der Waals surface area contributed by atoms with Gasteiger partial charge in [0, 0.05) is 24.4 Å². The molecule has 1 aromatic carbocycles. The molecule has 2 aliphatic rings. The lowest BCUT2D eigenvalue weighted by Gasteiger charge is -2.40. The summed E-state index contributed by atoms with van der Waals surface area (Å²) in [7, 11) is 2.19. The molecule has 3 rings (SSSR count). The Morgan fingerprint density at radius 2 is 2.22 bits per heavy atom. The van der Waals surface area contributed by atoms with E-state index in [0.29, 0.717) is 17.6 Å². The van der Waals surface area contributed by atoms with E-state index in [9.17, 15) is 4.79 Å². The van der Waals surface area contributed by atoms with Crippen LogP contribution in [0.1, 0.15) is 47.2 Å². The molecule has 0 aromatic heterocycles. The number of likely N-dealkylation sites (tertiary alicyclic amines) is 1. The molecule has 0 bridgehead atoms. The quantitative estimate of drug-likeness (QED) is 0.756. The standard InChI is InChI=1S/C16H21NO/c1-3-11-4-5-13-14(8-11)16(18)9-12-6-7-17(2)10-15(12)13/h4-5,8,12,15H,3,6-7,9-10H2,1-2H3/t12-,15-/m1/s1. The second-order valence-electron chi connectivity index (χ2n) is 5.82. The molecule has 0 radical (unpaired) electrons. The number of fused-ring (bicyclic) bond motifs is 3. The van der Waals surface area contributed by atoms with Gasteiger partial charge in [0.05, 0.1) is 0 Å². The van der Waals surface area contributed by atoms with Gasteiger partial charge in [-0.1, -0.05) is 19.1 Å². The number of carbonyl (C=O) groups is 1. The fourth-order valence-corrected chi connectivity index (χ4v) is 3.50. The molecule has 1 aliphatic carbocycles. The highest BCUT2D eigenvalue weighted by Gasteiger charge is 2.36. The predicted molar refractivity (Wildman–Crippen MR) is 73.1 cm³/mol. The monoisotopic (exact) mass is 243 g/mol. The van der Waals surface area contributed by atoms with E-state index < -0.39 is 0 Å². The molecular weight excluding hydrogens is 222 g/mol. The molecule has 0 N–H and O–H groups in total. The highest BCUT2D eigenvalue weighted by atomic mass is 16.1. The van der Waals surface area contributed by atoms with Crippen LogP contribution in [0.15, 0.2) is 18.2 Å². The minimum atomic E-state index is 0.367. The summed E-state index contributed by atoms with van der Waals surface area (Å²) >= 11 is 0. The van der Waals surface area contributed by atoms with Gasteiger partial charge < -0.3 is 4.90 Å². The van der Waals surface area contributed by atoms with E-state index in [2.05, 4.69) is 37.1 Å². The zero-order chi connectivity index (χ0) is 12.7. The molecule has 0 unspecified atom stereocenters. The third kappa shape index (κ3) is 1.89. The molecule has 0 spiro atoms. The van der Waals surface area contributed by atoms with E-state index in [1.165, 1.54) is 17.5 Å². The third-order valence-electron chi connectivity index (χ3n) is 4.63. The number of hydrogen-bond donors (Lipinski definition) is 0. The molecule has 0 amide bonds. The summed E-state index contributed by atoms with van der Waals surface area (Å²) in [5.41, 5.74) is 3.59.